The second kappa shape index (κ2) is 14.1. The van der Waals surface area contributed by atoms with E-state index in [0.717, 1.165) is 44.4 Å². The molecule has 2 heteroatoms. The normalized spacial score (nSPS) is 11.4. The summed E-state index contributed by atoms with van der Waals surface area (Å²) in [6, 6.07) is 78.2. The third kappa shape index (κ3) is 5.91. The molecule has 0 N–H and O–H groups in total. The minimum Gasteiger partial charge on any atom is -0.228 e. The molecule has 11 aromatic rings. The fourth-order valence-electron chi connectivity index (χ4n) is 8.65. The van der Waals surface area contributed by atoms with Crippen molar-refractivity contribution >= 4 is 43.1 Å². The zero-order valence-corrected chi connectivity index (χ0v) is 31.7. The van der Waals surface area contributed by atoms with Crippen molar-refractivity contribution in [2.75, 3.05) is 0 Å². The van der Waals surface area contributed by atoms with Crippen molar-refractivity contribution in [3.63, 3.8) is 0 Å². The second-order valence-corrected chi connectivity index (χ2v) is 14.9. The Labute approximate surface area is 337 Å². The topological polar surface area (TPSA) is 25.8 Å². The number of nitrogens with zero attached hydrogens (tertiary/aromatic N) is 2. The SMILES string of the molecule is c1ccc(-c2cccc(-c3cc(-c4ccccc4)nc(-c4ccc(-c5ccc(-c6c7ccccc7cc7c6ccc6ccccc67)cc5)c5ccccc45)n3)c2)cc1. The molecule has 11 rings (SSSR count). The quantitative estimate of drug-likeness (QED) is 0.125. The Kier molecular flexibility index (Phi) is 8.19. The summed E-state index contributed by atoms with van der Waals surface area (Å²) in [5.74, 6) is 0.704. The van der Waals surface area contributed by atoms with Gasteiger partial charge in [-0.05, 0) is 101 Å². The second-order valence-electron chi connectivity index (χ2n) is 14.9. The molecule has 0 aliphatic heterocycles. The average Bonchev–Trinajstić information content (AvgIpc) is 3.31. The minimum absolute atomic E-state index is 0.704. The van der Waals surface area contributed by atoms with E-state index in [-0.39, 0.29) is 0 Å². The number of rotatable bonds is 6. The van der Waals surface area contributed by atoms with Crippen LogP contribution < -0.4 is 0 Å². The molecule has 0 unspecified atom stereocenters. The first-order chi connectivity index (χ1) is 28.7. The lowest BCUT2D eigenvalue weighted by Crippen LogP contribution is -1.97. The van der Waals surface area contributed by atoms with Crippen molar-refractivity contribution < 1.29 is 0 Å². The zero-order valence-electron chi connectivity index (χ0n) is 31.7. The molecule has 0 saturated carbocycles. The Morgan fingerprint density at radius 3 is 1.55 bits per heavy atom. The molecule has 2 nitrogen and oxygen atoms in total. The standard InChI is InChI=1S/C56H36N2/c1-3-14-37(15-4-1)42-20-13-21-44(34-42)54-36-53(40-17-5-2-6-18-40)57-56(58-54)51-33-32-46(48-24-11-12-25-49(48)51)39-26-28-41(29-27-39)55-47-23-10-8-19-43(47)35-52-45-22-9-7-16-38(45)30-31-50(52)55/h1-36H. The fraction of sp³-hybridized carbons (Fsp3) is 0. The Morgan fingerprint density at radius 2 is 0.793 bits per heavy atom. The first-order valence-corrected chi connectivity index (χ1v) is 19.8. The summed E-state index contributed by atoms with van der Waals surface area (Å²) >= 11 is 0. The first-order valence-electron chi connectivity index (χ1n) is 19.8. The molecule has 0 saturated heterocycles. The summed E-state index contributed by atoms with van der Waals surface area (Å²) in [5, 5.41) is 9.87. The molecule has 0 aliphatic rings. The van der Waals surface area contributed by atoms with Crippen molar-refractivity contribution in [3.05, 3.63) is 218 Å². The van der Waals surface area contributed by atoms with E-state index in [0.29, 0.717) is 5.82 Å². The summed E-state index contributed by atoms with van der Waals surface area (Å²) < 4.78 is 0. The molecule has 0 atom stereocenters. The summed E-state index contributed by atoms with van der Waals surface area (Å²) in [5.41, 5.74) is 12.0. The van der Waals surface area contributed by atoms with E-state index in [1.165, 1.54) is 60.1 Å². The Bertz CT molecular complexity index is 3310. The van der Waals surface area contributed by atoms with Gasteiger partial charge in [-0.3, -0.25) is 0 Å². The molecule has 0 fully saturated rings. The van der Waals surface area contributed by atoms with Crippen LogP contribution in [0, 0.1) is 0 Å². The van der Waals surface area contributed by atoms with E-state index in [9.17, 15) is 0 Å². The van der Waals surface area contributed by atoms with Crippen LogP contribution >= 0.6 is 0 Å². The van der Waals surface area contributed by atoms with Crippen LogP contribution in [0.1, 0.15) is 0 Å². The number of benzene rings is 10. The maximum Gasteiger partial charge on any atom is 0.161 e. The highest BCUT2D eigenvalue weighted by atomic mass is 14.9. The van der Waals surface area contributed by atoms with Crippen LogP contribution in [0.25, 0.3) is 110 Å². The fourth-order valence-corrected chi connectivity index (χ4v) is 8.65. The number of hydrogen-bond donors (Lipinski definition) is 0. The highest BCUT2D eigenvalue weighted by molar-refractivity contribution is 6.20. The summed E-state index contributed by atoms with van der Waals surface area (Å²) in [6.07, 6.45) is 0. The lowest BCUT2D eigenvalue weighted by atomic mass is 9.88. The van der Waals surface area contributed by atoms with Crippen molar-refractivity contribution in [2.24, 2.45) is 0 Å². The molecule has 1 aromatic heterocycles. The third-order valence-corrected chi connectivity index (χ3v) is 11.5. The van der Waals surface area contributed by atoms with Gasteiger partial charge in [-0.25, -0.2) is 9.97 Å². The predicted octanol–water partition coefficient (Wildman–Crippen LogP) is 15.1. The van der Waals surface area contributed by atoms with Crippen molar-refractivity contribution in [3.8, 4) is 67.3 Å². The van der Waals surface area contributed by atoms with Crippen LogP contribution in [0.4, 0.5) is 0 Å². The van der Waals surface area contributed by atoms with Crippen LogP contribution in [0.5, 0.6) is 0 Å². The van der Waals surface area contributed by atoms with Gasteiger partial charge in [-0.1, -0.05) is 194 Å². The zero-order chi connectivity index (χ0) is 38.4. The van der Waals surface area contributed by atoms with E-state index in [4.69, 9.17) is 9.97 Å². The van der Waals surface area contributed by atoms with Gasteiger partial charge in [0, 0.05) is 16.7 Å². The van der Waals surface area contributed by atoms with Gasteiger partial charge in [0.05, 0.1) is 11.4 Å². The van der Waals surface area contributed by atoms with Crippen LogP contribution in [-0.4, -0.2) is 9.97 Å². The van der Waals surface area contributed by atoms with Gasteiger partial charge in [0.1, 0.15) is 0 Å². The molecule has 58 heavy (non-hydrogen) atoms. The van der Waals surface area contributed by atoms with Gasteiger partial charge in [0.15, 0.2) is 5.82 Å². The monoisotopic (exact) mass is 736 g/mol. The van der Waals surface area contributed by atoms with Gasteiger partial charge in [-0.15, -0.1) is 0 Å². The summed E-state index contributed by atoms with van der Waals surface area (Å²) in [4.78, 5) is 10.5. The van der Waals surface area contributed by atoms with Crippen LogP contribution in [-0.2, 0) is 0 Å². The first kappa shape index (κ1) is 33.6. The van der Waals surface area contributed by atoms with Crippen LogP contribution in [0.15, 0.2) is 218 Å². The average molecular weight is 737 g/mol. The molecule has 0 amide bonds. The number of aromatic nitrogens is 2. The molecular formula is C56H36N2. The van der Waals surface area contributed by atoms with Gasteiger partial charge < -0.3 is 0 Å². The van der Waals surface area contributed by atoms with E-state index in [1.54, 1.807) is 0 Å². The predicted molar refractivity (Wildman–Crippen MR) is 245 cm³/mol. The molecule has 10 aromatic carbocycles. The Hall–Kier alpha value is -7.68. The maximum atomic E-state index is 5.29. The third-order valence-electron chi connectivity index (χ3n) is 11.5. The molecule has 0 bridgehead atoms. The van der Waals surface area contributed by atoms with Crippen molar-refractivity contribution in [1.82, 2.24) is 9.97 Å². The van der Waals surface area contributed by atoms with Crippen LogP contribution in [0.2, 0.25) is 0 Å². The maximum absolute atomic E-state index is 5.29. The van der Waals surface area contributed by atoms with E-state index in [2.05, 4.69) is 212 Å². The van der Waals surface area contributed by atoms with E-state index in [1.807, 2.05) is 6.07 Å². The summed E-state index contributed by atoms with van der Waals surface area (Å²) in [6.45, 7) is 0. The van der Waals surface area contributed by atoms with Gasteiger partial charge in [-0.2, -0.15) is 0 Å². The molecule has 0 spiro atoms. The largest absolute Gasteiger partial charge is 0.228 e. The van der Waals surface area contributed by atoms with Crippen molar-refractivity contribution in [2.45, 2.75) is 0 Å². The van der Waals surface area contributed by atoms with E-state index >= 15 is 0 Å². The molecule has 1 heterocycles. The highest BCUT2D eigenvalue weighted by Gasteiger charge is 2.17. The minimum atomic E-state index is 0.704. The molecular weight excluding hydrogens is 701 g/mol. The number of fused-ring (bicyclic) bond motifs is 5. The smallest absolute Gasteiger partial charge is 0.161 e. The van der Waals surface area contributed by atoms with Gasteiger partial charge in [0.25, 0.3) is 0 Å². The Morgan fingerprint density at radius 1 is 0.241 bits per heavy atom. The van der Waals surface area contributed by atoms with Crippen LogP contribution in [0.3, 0.4) is 0 Å². The van der Waals surface area contributed by atoms with E-state index < -0.39 is 0 Å². The molecule has 270 valence electrons. The van der Waals surface area contributed by atoms with Gasteiger partial charge >= 0.3 is 0 Å². The van der Waals surface area contributed by atoms with Gasteiger partial charge in [0.2, 0.25) is 0 Å². The lowest BCUT2D eigenvalue weighted by Gasteiger charge is -2.16. The van der Waals surface area contributed by atoms with Crippen molar-refractivity contribution in [1.29, 1.82) is 0 Å². The molecule has 0 aliphatic carbocycles. The number of hydrogen-bond acceptors (Lipinski definition) is 2. The molecule has 0 radical (unpaired) electrons. The Balaban J connectivity index is 1.03. The summed E-state index contributed by atoms with van der Waals surface area (Å²) in [7, 11) is 0. The highest BCUT2D eigenvalue weighted by Crippen LogP contribution is 2.41. The lowest BCUT2D eigenvalue weighted by molar-refractivity contribution is 1.19.